The van der Waals surface area contributed by atoms with Crippen molar-refractivity contribution < 1.29 is 8.42 Å². The Kier molecular flexibility index (Phi) is 11.2. The predicted molar refractivity (Wildman–Crippen MR) is 126 cm³/mol. The molecule has 0 amide bonds. The van der Waals surface area contributed by atoms with E-state index in [0.717, 1.165) is 19.6 Å². The number of likely N-dealkylation sites (tertiary alicyclic amines) is 1. The van der Waals surface area contributed by atoms with Crippen LogP contribution in [-0.2, 0) is 9.84 Å². The summed E-state index contributed by atoms with van der Waals surface area (Å²) in [4.78, 5) is 8.59. The van der Waals surface area contributed by atoms with Crippen LogP contribution in [0.15, 0.2) is 22.5 Å². The summed E-state index contributed by atoms with van der Waals surface area (Å²) in [6.45, 7) is 6.70. The Labute approximate surface area is 185 Å². The van der Waals surface area contributed by atoms with Crippen LogP contribution in [0.2, 0.25) is 0 Å². The van der Waals surface area contributed by atoms with Gasteiger partial charge in [-0.25, -0.2) is 8.42 Å². The third-order valence-corrected chi connectivity index (χ3v) is 7.46. The Morgan fingerprint density at radius 1 is 1.37 bits per heavy atom. The number of hydrogen-bond donors (Lipinski definition) is 2. The summed E-state index contributed by atoms with van der Waals surface area (Å²) < 4.78 is 23.3. The van der Waals surface area contributed by atoms with E-state index in [2.05, 4.69) is 40.1 Å². The molecular weight excluding hydrogens is 495 g/mol. The highest BCUT2D eigenvalue weighted by atomic mass is 127. The summed E-state index contributed by atoms with van der Waals surface area (Å²) >= 11 is 1.81. The van der Waals surface area contributed by atoms with Crippen LogP contribution in [0.1, 0.15) is 37.6 Å². The fourth-order valence-electron chi connectivity index (χ4n) is 3.38. The van der Waals surface area contributed by atoms with Crippen LogP contribution in [0.4, 0.5) is 0 Å². The molecule has 2 rings (SSSR count). The van der Waals surface area contributed by atoms with Gasteiger partial charge in [-0.2, -0.15) is 0 Å². The maximum atomic E-state index is 11.6. The fourth-order valence-corrected chi connectivity index (χ4v) is 5.06. The highest BCUT2D eigenvalue weighted by Gasteiger charge is 2.31. The number of nitrogens with zero attached hydrogens (tertiary/aromatic N) is 2. The maximum Gasteiger partial charge on any atom is 0.191 e. The van der Waals surface area contributed by atoms with E-state index in [0.29, 0.717) is 24.5 Å². The number of aliphatic imine (C=N–C) groups is 1. The first-order valence-electron chi connectivity index (χ1n) is 9.43. The molecule has 9 heteroatoms. The summed E-state index contributed by atoms with van der Waals surface area (Å²) in [6, 6.07) is 4.74. The van der Waals surface area contributed by atoms with Gasteiger partial charge in [0.25, 0.3) is 0 Å². The Balaban J connectivity index is 0.00000364. The lowest BCUT2D eigenvalue weighted by Gasteiger charge is -2.38. The lowest BCUT2D eigenvalue weighted by Crippen LogP contribution is -2.41. The zero-order chi connectivity index (χ0) is 19.0. The fraction of sp³-hybridized carbons (Fsp3) is 0.722. The van der Waals surface area contributed by atoms with Crippen molar-refractivity contribution in [3.05, 3.63) is 22.4 Å². The molecule has 1 fully saturated rings. The summed E-state index contributed by atoms with van der Waals surface area (Å²) in [7, 11) is -0.768. The molecular formula is C18H33IN4O2S2. The molecule has 156 valence electrons. The zero-order valence-corrected chi connectivity index (χ0v) is 20.4. The topological polar surface area (TPSA) is 73.8 Å². The highest BCUT2D eigenvalue weighted by molar-refractivity contribution is 14.0. The van der Waals surface area contributed by atoms with Crippen LogP contribution in [0.5, 0.6) is 0 Å². The van der Waals surface area contributed by atoms with Gasteiger partial charge in [0.15, 0.2) is 15.8 Å². The second kappa shape index (κ2) is 12.2. The molecule has 2 heterocycles. The highest BCUT2D eigenvalue weighted by Crippen LogP contribution is 2.37. The van der Waals surface area contributed by atoms with Crippen molar-refractivity contribution in [1.82, 2.24) is 15.5 Å². The lowest BCUT2D eigenvalue weighted by atomic mass is 9.88. The van der Waals surface area contributed by atoms with E-state index >= 15 is 0 Å². The molecule has 2 unspecified atom stereocenters. The Hall–Kier alpha value is -0.390. The molecule has 0 aromatic carbocycles. The third kappa shape index (κ3) is 7.86. The molecule has 0 spiro atoms. The number of halogens is 1. The molecule has 1 saturated heterocycles. The van der Waals surface area contributed by atoms with Gasteiger partial charge in [0, 0.05) is 36.3 Å². The second-order valence-electron chi connectivity index (χ2n) is 6.73. The first kappa shape index (κ1) is 24.6. The number of thiophene rings is 1. The van der Waals surface area contributed by atoms with Crippen molar-refractivity contribution in [2.45, 2.75) is 32.7 Å². The summed E-state index contributed by atoms with van der Waals surface area (Å²) in [6.07, 6.45) is 2.36. The minimum absolute atomic E-state index is 0. The molecule has 2 atom stereocenters. The van der Waals surface area contributed by atoms with Crippen LogP contribution in [-0.4, -0.2) is 64.0 Å². The van der Waals surface area contributed by atoms with Gasteiger partial charge in [-0.1, -0.05) is 13.0 Å². The van der Waals surface area contributed by atoms with Crippen LogP contribution in [0.25, 0.3) is 0 Å². The van der Waals surface area contributed by atoms with Gasteiger partial charge in [0.1, 0.15) is 0 Å². The van der Waals surface area contributed by atoms with E-state index in [1.54, 1.807) is 6.92 Å². The number of nitrogens with one attached hydrogen (secondary N) is 2. The maximum absolute atomic E-state index is 11.6. The van der Waals surface area contributed by atoms with Gasteiger partial charge >= 0.3 is 0 Å². The van der Waals surface area contributed by atoms with E-state index in [1.165, 1.54) is 17.7 Å². The summed E-state index contributed by atoms with van der Waals surface area (Å²) in [5, 5.41) is 8.52. The molecule has 0 bridgehead atoms. The SMILES string of the molecule is CCNC(=NCC1CCCN(C)C1c1cccs1)NCCS(=O)(=O)CC.I. The zero-order valence-electron chi connectivity index (χ0n) is 16.5. The van der Waals surface area contributed by atoms with E-state index in [4.69, 9.17) is 4.99 Å². The van der Waals surface area contributed by atoms with E-state index in [9.17, 15) is 8.42 Å². The van der Waals surface area contributed by atoms with Crippen LogP contribution in [0.3, 0.4) is 0 Å². The number of piperidine rings is 1. The Morgan fingerprint density at radius 3 is 2.78 bits per heavy atom. The minimum atomic E-state index is -2.96. The van der Waals surface area contributed by atoms with Crippen LogP contribution < -0.4 is 10.6 Å². The summed E-state index contributed by atoms with van der Waals surface area (Å²) in [5.74, 6) is 1.50. The Bertz CT molecular complexity index is 665. The third-order valence-electron chi connectivity index (χ3n) is 4.82. The molecule has 1 aromatic rings. The largest absolute Gasteiger partial charge is 0.357 e. The van der Waals surface area contributed by atoms with Gasteiger partial charge in [0.05, 0.1) is 5.75 Å². The monoisotopic (exact) mass is 528 g/mol. The van der Waals surface area contributed by atoms with Crippen molar-refractivity contribution in [2.24, 2.45) is 10.9 Å². The van der Waals surface area contributed by atoms with Gasteiger partial charge in [-0.3, -0.25) is 9.89 Å². The molecule has 1 aliphatic heterocycles. The van der Waals surface area contributed by atoms with Gasteiger partial charge in [0.2, 0.25) is 0 Å². The molecule has 6 nitrogen and oxygen atoms in total. The average molecular weight is 529 g/mol. The number of guanidine groups is 1. The first-order chi connectivity index (χ1) is 12.5. The van der Waals surface area contributed by atoms with Crippen molar-refractivity contribution in [1.29, 1.82) is 0 Å². The number of sulfone groups is 1. The standard InChI is InChI=1S/C18H32N4O2S2.HI/c1-4-19-18(20-10-13-26(23,24)5-2)21-14-15-8-6-11-22(3)17(15)16-9-7-12-25-16;/h7,9,12,15,17H,4-6,8,10-11,13-14H2,1-3H3,(H2,19,20,21);1H. The second-order valence-corrected chi connectivity index (χ2v) is 10.2. The molecule has 0 radical (unpaired) electrons. The van der Waals surface area contributed by atoms with E-state index < -0.39 is 9.84 Å². The van der Waals surface area contributed by atoms with E-state index in [-0.39, 0.29) is 35.5 Å². The van der Waals surface area contributed by atoms with Gasteiger partial charge in [-0.15, -0.1) is 35.3 Å². The van der Waals surface area contributed by atoms with Crippen molar-refractivity contribution in [3.8, 4) is 0 Å². The number of hydrogen-bond acceptors (Lipinski definition) is 5. The van der Waals surface area contributed by atoms with Gasteiger partial charge in [-0.05, 0) is 50.7 Å². The molecule has 1 aromatic heterocycles. The first-order valence-corrected chi connectivity index (χ1v) is 12.1. The van der Waals surface area contributed by atoms with Crippen molar-refractivity contribution >= 4 is 51.1 Å². The normalized spacial score (nSPS) is 21.5. The number of rotatable bonds is 8. The minimum Gasteiger partial charge on any atom is -0.357 e. The van der Waals surface area contributed by atoms with E-state index in [1.807, 2.05) is 18.3 Å². The molecule has 0 aliphatic carbocycles. The Morgan fingerprint density at radius 2 is 2.15 bits per heavy atom. The smallest absolute Gasteiger partial charge is 0.191 e. The molecule has 1 aliphatic rings. The average Bonchev–Trinajstić information content (AvgIpc) is 3.13. The van der Waals surface area contributed by atoms with Crippen molar-refractivity contribution in [2.75, 3.05) is 44.7 Å². The van der Waals surface area contributed by atoms with Crippen LogP contribution >= 0.6 is 35.3 Å². The van der Waals surface area contributed by atoms with Gasteiger partial charge < -0.3 is 10.6 Å². The lowest BCUT2D eigenvalue weighted by molar-refractivity contribution is 0.128. The summed E-state index contributed by atoms with van der Waals surface area (Å²) in [5.41, 5.74) is 0. The van der Waals surface area contributed by atoms with Crippen LogP contribution in [0, 0.1) is 5.92 Å². The van der Waals surface area contributed by atoms with Crippen molar-refractivity contribution in [3.63, 3.8) is 0 Å². The molecule has 0 saturated carbocycles. The predicted octanol–water partition coefficient (Wildman–Crippen LogP) is 2.74. The quantitative estimate of drug-likeness (QED) is 0.309. The molecule has 27 heavy (non-hydrogen) atoms. The molecule has 2 N–H and O–H groups in total.